The highest BCUT2D eigenvalue weighted by atomic mass is 32.1. The summed E-state index contributed by atoms with van der Waals surface area (Å²) in [6, 6.07) is 19.8. The molecule has 0 aliphatic heterocycles. The summed E-state index contributed by atoms with van der Waals surface area (Å²) < 4.78 is 0. The Balaban J connectivity index is 2.40. The van der Waals surface area contributed by atoms with Crippen molar-refractivity contribution >= 4 is 44.9 Å². The summed E-state index contributed by atoms with van der Waals surface area (Å²) in [6.07, 6.45) is 0. The molecule has 0 heterocycles. The molecule has 0 unspecified atom stereocenters. The Morgan fingerprint density at radius 2 is 1.28 bits per heavy atom. The van der Waals surface area contributed by atoms with Gasteiger partial charge in [-0.1, -0.05) is 54.6 Å². The van der Waals surface area contributed by atoms with Gasteiger partial charge in [0.15, 0.2) is 0 Å². The van der Waals surface area contributed by atoms with Crippen LogP contribution in [0.25, 0.3) is 32.3 Å². The Morgan fingerprint density at radius 3 is 2.00 bits per heavy atom. The standard InChI is InChI=1S/C17H12S/c18-10-14-7-6-13-5-4-11-2-1-3-12-8-9-15(14)17(13)16(11)12/h1-9,18H,10H2. The predicted molar refractivity (Wildman–Crippen MR) is 82.8 cm³/mol. The van der Waals surface area contributed by atoms with E-state index >= 15 is 0 Å². The molecule has 4 aromatic carbocycles. The average molecular weight is 248 g/mol. The van der Waals surface area contributed by atoms with Gasteiger partial charge in [-0.15, -0.1) is 0 Å². The van der Waals surface area contributed by atoms with E-state index in [9.17, 15) is 0 Å². The molecule has 0 N–H and O–H groups in total. The molecule has 0 bridgehead atoms. The molecule has 0 nitrogen and oxygen atoms in total. The Hall–Kier alpha value is -1.73. The molecule has 0 aliphatic rings. The van der Waals surface area contributed by atoms with Crippen LogP contribution in [-0.2, 0) is 5.75 Å². The summed E-state index contributed by atoms with van der Waals surface area (Å²) in [5.74, 6) is 0.786. The van der Waals surface area contributed by atoms with Crippen molar-refractivity contribution in [3.8, 4) is 0 Å². The summed E-state index contributed by atoms with van der Waals surface area (Å²) >= 11 is 4.44. The van der Waals surface area contributed by atoms with Crippen molar-refractivity contribution in [3.63, 3.8) is 0 Å². The van der Waals surface area contributed by atoms with Gasteiger partial charge in [-0.3, -0.25) is 0 Å². The first kappa shape index (κ1) is 10.2. The molecule has 86 valence electrons. The largest absolute Gasteiger partial charge is 0.175 e. The summed E-state index contributed by atoms with van der Waals surface area (Å²) in [7, 11) is 0. The SMILES string of the molecule is SCc1ccc2ccc3cccc4ccc1c2c34. The quantitative estimate of drug-likeness (QED) is 0.355. The normalized spacial score (nSPS) is 11.8. The lowest BCUT2D eigenvalue weighted by molar-refractivity contribution is 1.49. The van der Waals surface area contributed by atoms with Gasteiger partial charge in [0.25, 0.3) is 0 Å². The number of hydrogen-bond acceptors (Lipinski definition) is 1. The molecule has 0 radical (unpaired) electrons. The molecule has 0 amide bonds. The molecule has 0 atom stereocenters. The maximum absolute atomic E-state index is 4.44. The lowest BCUT2D eigenvalue weighted by Gasteiger charge is -2.12. The third-order valence-corrected chi connectivity index (χ3v) is 4.13. The zero-order valence-electron chi connectivity index (χ0n) is 9.85. The summed E-state index contributed by atoms with van der Waals surface area (Å²) in [6.45, 7) is 0. The van der Waals surface area contributed by atoms with Crippen LogP contribution in [0.15, 0.2) is 54.6 Å². The third kappa shape index (κ3) is 1.23. The second kappa shape index (κ2) is 3.63. The van der Waals surface area contributed by atoms with Crippen LogP contribution in [0.4, 0.5) is 0 Å². The molecule has 4 rings (SSSR count). The molecule has 0 saturated carbocycles. The summed E-state index contributed by atoms with van der Waals surface area (Å²) in [4.78, 5) is 0. The fourth-order valence-electron chi connectivity index (χ4n) is 2.93. The molecule has 1 heteroatoms. The van der Waals surface area contributed by atoms with E-state index in [0.717, 1.165) is 5.75 Å². The lowest BCUT2D eigenvalue weighted by atomic mass is 9.92. The van der Waals surface area contributed by atoms with Gasteiger partial charge in [-0.2, -0.15) is 12.6 Å². The zero-order valence-corrected chi connectivity index (χ0v) is 10.7. The number of benzene rings is 4. The lowest BCUT2D eigenvalue weighted by Crippen LogP contribution is -1.87. The molecule has 0 saturated heterocycles. The van der Waals surface area contributed by atoms with Gasteiger partial charge in [0.1, 0.15) is 0 Å². The maximum atomic E-state index is 4.44. The minimum atomic E-state index is 0.786. The minimum absolute atomic E-state index is 0.786. The van der Waals surface area contributed by atoms with Crippen molar-refractivity contribution in [2.45, 2.75) is 5.75 Å². The van der Waals surface area contributed by atoms with Crippen molar-refractivity contribution in [1.29, 1.82) is 0 Å². The van der Waals surface area contributed by atoms with Gasteiger partial charge in [0.05, 0.1) is 0 Å². The van der Waals surface area contributed by atoms with E-state index in [4.69, 9.17) is 0 Å². The van der Waals surface area contributed by atoms with E-state index in [1.165, 1.54) is 37.9 Å². The van der Waals surface area contributed by atoms with E-state index in [0.29, 0.717) is 0 Å². The number of hydrogen-bond donors (Lipinski definition) is 1. The van der Waals surface area contributed by atoms with Crippen molar-refractivity contribution < 1.29 is 0 Å². The van der Waals surface area contributed by atoms with E-state index in [1.807, 2.05) is 0 Å². The van der Waals surface area contributed by atoms with Gasteiger partial charge in [-0.05, 0) is 37.9 Å². The summed E-state index contributed by atoms with van der Waals surface area (Å²) in [5, 5.41) is 8.07. The molecular formula is C17H12S. The Kier molecular flexibility index (Phi) is 2.06. The van der Waals surface area contributed by atoms with Crippen LogP contribution in [0, 0.1) is 0 Å². The molecular weight excluding hydrogens is 236 g/mol. The van der Waals surface area contributed by atoms with Gasteiger partial charge in [0.2, 0.25) is 0 Å². The molecule has 18 heavy (non-hydrogen) atoms. The van der Waals surface area contributed by atoms with Gasteiger partial charge >= 0.3 is 0 Å². The maximum Gasteiger partial charge on any atom is 0.0160 e. The van der Waals surface area contributed by atoms with Crippen LogP contribution in [0.5, 0.6) is 0 Å². The number of thiol groups is 1. The Morgan fingerprint density at radius 1 is 0.667 bits per heavy atom. The van der Waals surface area contributed by atoms with E-state index in [2.05, 4.69) is 67.2 Å². The molecule has 0 fully saturated rings. The highest BCUT2D eigenvalue weighted by molar-refractivity contribution is 7.79. The van der Waals surface area contributed by atoms with Crippen LogP contribution >= 0.6 is 12.6 Å². The topological polar surface area (TPSA) is 0 Å². The predicted octanol–water partition coefficient (Wildman–Crippen LogP) is 5.01. The highest BCUT2D eigenvalue weighted by Gasteiger charge is 2.09. The molecule has 4 aromatic rings. The van der Waals surface area contributed by atoms with Crippen LogP contribution < -0.4 is 0 Å². The zero-order chi connectivity index (χ0) is 12.1. The smallest absolute Gasteiger partial charge is 0.0160 e. The second-order valence-corrected chi connectivity index (χ2v) is 5.06. The van der Waals surface area contributed by atoms with Gasteiger partial charge in [-0.25, -0.2) is 0 Å². The first-order valence-corrected chi connectivity index (χ1v) is 6.78. The highest BCUT2D eigenvalue weighted by Crippen LogP contribution is 2.36. The first-order valence-electron chi connectivity index (χ1n) is 6.15. The van der Waals surface area contributed by atoms with Crippen LogP contribution in [0.3, 0.4) is 0 Å². The van der Waals surface area contributed by atoms with Gasteiger partial charge in [0, 0.05) is 5.75 Å². The molecule has 0 aliphatic carbocycles. The van der Waals surface area contributed by atoms with Crippen LogP contribution in [0.2, 0.25) is 0 Å². The van der Waals surface area contributed by atoms with E-state index < -0.39 is 0 Å². The van der Waals surface area contributed by atoms with Crippen LogP contribution in [0.1, 0.15) is 5.56 Å². The molecule has 0 aromatic heterocycles. The Labute approximate surface area is 111 Å². The van der Waals surface area contributed by atoms with E-state index in [-0.39, 0.29) is 0 Å². The fraction of sp³-hybridized carbons (Fsp3) is 0.0588. The second-order valence-electron chi connectivity index (χ2n) is 4.74. The van der Waals surface area contributed by atoms with Crippen molar-refractivity contribution in [3.05, 3.63) is 60.2 Å². The van der Waals surface area contributed by atoms with E-state index in [1.54, 1.807) is 0 Å². The van der Waals surface area contributed by atoms with Crippen molar-refractivity contribution in [2.75, 3.05) is 0 Å². The van der Waals surface area contributed by atoms with Crippen molar-refractivity contribution in [2.24, 2.45) is 0 Å². The van der Waals surface area contributed by atoms with Crippen LogP contribution in [-0.4, -0.2) is 0 Å². The monoisotopic (exact) mass is 248 g/mol. The number of rotatable bonds is 1. The van der Waals surface area contributed by atoms with Gasteiger partial charge < -0.3 is 0 Å². The third-order valence-electron chi connectivity index (χ3n) is 3.79. The first-order chi connectivity index (χ1) is 8.88. The molecule has 0 spiro atoms. The Bertz CT molecular complexity index is 845. The average Bonchev–Trinajstić information content (AvgIpc) is 2.44. The summed E-state index contributed by atoms with van der Waals surface area (Å²) in [5.41, 5.74) is 1.31. The minimum Gasteiger partial charge on any atom is -0.175 e. The van der Waals surface area contributed by atoms with Crippen molar-refractivity contribution in [1.82, 2.24) is 0 Å². The fourth-order valence-corrected chi connectivity index (χ4v) is 3.21.